The number of carbonyl (C=O) groups is 1. The molecular formula is C12H22NO2. The second-order valence-corrected chi connectivity index (χ2v) is 4.83. The Morgan fingerprint density at radius 3 is 2.40 bits per heavy atom. The Bertz CT molecular complexity index is 196. The van der Waals surface area contributed by atoms with Crippen molar-refractivity contribution in [3.8, 4) is 0 Å². The minimum absolute atomic E-state index is 0.00770. The molecule has 1 saturated heterocycles. The number of carbonyl (C=O) groups excluding carboxylic acids is 1. The Labute approximate surface area is 92.5 Å². The highest BCUT2D eigenvalue weighted by atomic mass is 16.3. The number of piperidine rings is 1. The summed E-state index contributed by atoms with van der Waals surface area (Å²) in [6.07, 6.45) is 2.76. The van der Waals surface area contributed by atoms with E-state index in [1.165, 1.54) is 5.92 Å². The van der Waals surface area contributed by atoms with Crippen LogP contribution in [0.3, 0.4) is 0 Å². The molecule has 15 heavy (non-hydrogen) atoms. The van der Waals surface area contributed by atoms with E-state index in [9.17, 15) is 4.79 Å². The molecule has 1 fully saturated rings. The lowest BCUT2D eigenvalue weighted by Gasteiger charge is -2.32. The summed E-state index contributed by atoms with van der Waals surface area (Å²) in [6.45, 7) is 7.29. The SMILES string of the molecule is C[C](C)CN1CCC(CC(=O)CO)CC1. The molecule has 0 aromatic carbocycles. The molecule has 0 aliphatic carbocycles. The fourth-order valence-electron chi connectivity index (χ4n) is 2.18. The van der Waals surface area contributed by atoms with E-state index in [2.05, 4.69) is 18.7 Å². The Kier molecular flexibility index (Phi) is 5.26. The molecule has 0 amide bonds. The van der Waals surface area contributed by atoms with Crippen molar-refractivity contribution in [2.24, 2.45) is 5.92 Å². The quantitative estimate of drug-likeness (QED) is 0.746. The van der Waals surface area contributed by atoms with Crippen molar-refractivity contribution in [1.82, 2.24) is 4.90 Å². The number of hydrogen-bond donors (Lipinski definition) is 1. The van der Waals surface area contributed by atoms with E-state index < -0.39 is 0 Å². The van der Waals surface area contributed by atoms with Gasteiger partial charge in [0.1, 0.15) is 6.61 Å². The molecule has 0 spiro atoms. The topological polar surface area (TPSA) is 40.5 Å². The molecule has 0 saturated carbocycles. The van der Waals surface area contributed by atoms with Crippen molar-refractivity contribution in [2.75, 3.05) is 26.2 Å². The minimum atomic E-state index is -0.290. The first kappa shape index (κ1) is 12.7. The van der Waals surface area contributed by atoms with Crippen LogP contribution in [0, 0.1) is 11.8 Å². The van der Waals surface area contributed by atoms with Crippen LogP contribution in [0.5, 0.6) is 0 Å². The Balaban J connectivity index is 2.20. The van der Waals surface area contributed by atoms with Crippen molar-refractivity contribution >= 4 is 5.78 Å². The first-order valence-corrected chi connectivity index (χ1v) is 5.75. The van der Waals surface area contributed by atoms with Gasteiger partial charge < -0.3 is 10.0 Å². The van der Waals surface area contributed by atoms with Gasteiger partial charge in [-0.25, -0.2) is 0 Å². The summed E-state index contributed by atoms with van der Waals surface area (Å²) in [5.41, 5.74) is 0. The molecule has 3 nitrogen and oxygen atoms in total. The van der Waals surface area contributed by atoms with Gasteiger partial charge in [0.15, 0.2) is 5.78 Å². The fraction of sp³-hybridized carbons (Fsp3) is 0.833. The molecule has 1 N–H and O–H groups in total. The molecule has 3 heteroatoms. The molecule has 1 radical (unpaired) electrons. The highest BCUT2D eigenvalue weighted by molar-refractivity contribution is 5.79. The van der Waals surface area contributed by atoms with Gasteiger partial charge >= 0.3 is 0 Å². The van der Waals surface area contributed by atoms with E-state index in [1.807, 2.05) is 0 Å². The first-order chi connectivity index (χ1) is 7.11. The Morgan fingerprint density at radius 2 is 1.93 bits per heavy atom. The summed E-state index contributed by atoms with van der Waals surface area (Å²) in [6, 6.07) is 0. The molecule has 87 valence electrons. The standard InChI is InChI=1S/C12H22NO2/c1-10(2)8-13-5-3-11(4-6-13)7-12(15)9-14/h11,14H,3-9H2,1-2H3. The van der Waals surface area contributed by atoms with E-state index in [-0.39, 0.29) is 12.4 Å². The summed E-state index contributed by atoms with van der Waals surface area (Å²) in [7, 11) is 0. The van der Waals surface area contributed by atoms with Gasteiger partial charge in [-0.1, -0.05) is 13.8 Å². The van der Waals surface area contributed by atoms with Crippen LogP contribution in [0.4, 0.5) is 0 Å². The molecular weight excluding hydrogens is 190 g/mol. The van der Waals surface area contributed by atoms with Gasteiger partial charge in [0.2, 0.25) is 0 Å². The van der Waals surface area contributed by atoms with Crippen LogP contribution < -0.4 is 0 Å². The lowest BCUT2D eigenvalue weighted by atomic mass is 9.91. The fourth-order valence-corrected chi connectivity index (χ4v) is 2.18. The average Bonchev–Trinajstić information content (AvgIpc) is 2.20. The van der Waals surface area contributed by atoms with Crippen molar-refractivity contribution in [1.29, 1.82) is 0 Å². The van der Waals surface area contributed by atoms with Gasteiger partial charge in [-0.05, 0) is 37.8 Å². The largest absolute Gasteiger partial charge is 0.389 e. The molecule has 1 aliphatic heterocycles. The van der Waals surface area contributed by atoms with Crippen molar-refractivity contribution in [3.63, 3.8) is 0 Å². The minimum Gasteiger partial charge on any atom is -0.389 e. The number of ketones is 1. The smallest absolute Gasteiger partial charge is 0.158 e. The van der Waals surface area contributed by atoms with Crippen molar-refractivity contribution < 1.29 is 9.90 Å². The molecule has 0 aromatic rings. The van der Waals surface area contributed by atoms with Crippen LogP contribution in [-0.2, 0) is 4.79 Å². The second kappa shape index (κ2) is 6.23. The predicted molar refractivity (Wildman–Crippen MR) is 60.5 cm³/mol. The van der Waals surface area contributed by atoms with Gasteiger partial charge in [0.25, 0.3) is 0 Å². The lowest BCUT2D eigenvalue weighted by molar-refractivity contribution is -0.123. The number of rotatable bonds is 5. The molecule has 1 aliphatic rings. The zero-order valence-corrected chi connectivity index (χ0v) is 9.83. The Morgan fingerprint density at radius 1 is 1.33 bits per heavy atom. The van der Waals surface area contributed by atoms with Gasteiger partial charge in [0, 0.05) is 13.0 Å². The summed E-state index contributed by atoms with van der Waals surface area (Å²) >= 11 is 0. The van der Waals surface area contributed by atoms with E-state index in [0.717, 1.165) is 32.5 Å². The number of Topliss-reactive ketones (excluding diaryl/α,β-unsaturated/α-hetero) is 1. The van der Waals surface area contributed by atoms with Crippen LogP contribution in [0.15, 0.2) is 0 Å². The third-order valence-corrected chi connectivity index (χ3v) is 2.94. The van der Waals surface area contributed by atoms with E-state index >= 15 is 0 Å². The highest BCUT2D eigenvalue weighted by Gasteiger charge is 2.21. The summed E-state index contributed by atoms with van der Waals surface area (Å²) in [5.74, 6) is 1.93. The number of nitrogens with zero attached hydrogens (tertiary/aromatic N) is 1. The monoisotopic (exact) mass is 212 g/mol. The molecule has 1 rings (SSSR count). The van der Waals surface area contributed by atoms with Gasteiger partial charge in [0.05, 0.1) is 0 Å². The second-order valence-electron chi connectivity index (χ2n) is 4.83. The average molecular weight is 212 g/mol. The van der Waals surface area contributed by atoms with E-state index in [0.29, 0.717) is 12.3 Å². The first-order valence-electron chi connectivity index (χ1n) is 5.75. The van der Waals surface area contributed by atoms with Crippen LogP contribution in [0.1, 0.15) is 33.1 Å². The normalized spacial score (nSPS) is 19.7. The lowest BCUT2D eigenvalue weighted by Crippen LogP contribution is -2.36. The number of aliphatic hydroxyl groups is 1. The van der Waals surface area contributed by atoms with Crippen molar-refractivity contribution in [3.05, 3.63) is 5.92 Å². The van der Waals surface area contributed by atoms with Crippen LogP contribution in [0.2, 0.25) is 0 Å². The summed E-state index contributed by atoms with van der Waals surface area (Å²) in [4.78, 5) is 13.5. The van der Waals surface area contributed by atoms with Crippen LogP contribution in [0.25, 0.3) is 0 Å². The maximum atomic E-state index is 11.1. The molecule has 0 unspecified atom stereocenters. The number of likely N-dealkylation sites (tertiary alicyclic amines) is 1. The Hall–Kier alpha value is -0.410. The van der Waals surface area contributed by atoms with E-state index in [4.69, 9.17) is 5.11 Å². The van der Waals surface area contributed by atoms with Gasteiger partial charge in [-0.15, -0.1) is 0 Å². The molecule has 1 heterocycles. The zero-order valence-electron chi connectivity index (χ0n) is 9.83. The molecule has 0 atom stereocenters. The van der Waals surface area contributed by atoms with Gasteiger partial charge in [-0.3, -0.25) is 4.79 Å². The zero-order chi connectivity index (χ0) is 11.3. The highest BCUT2D eigenvalue weighted by Crippen LogP contribution is 2.21. The van der Waals surface area contributed by atoms with Crippen molar-refractivity contribution in [2.45, 2.75) is 33.1 Å². The van der Waals surface area contributed by atoms with Gasteiger partial charge in [-0.2, -0.15) is 0 Å². The molecule has 0 bridgehead atoms. The van der Waals surface area contributed by atoms with Crippen LogP contribution in [-0.4, -0.2) is 42.0 Å². The third kappa shape index (κ3) is 4.76. The summed E-state index contributed by atoms with van der Waals surface area (Å²) < 4.78 is 0. The maximum Gasteiger partial charge on any atom is 0.158 e. The predicted octanol–water partition coefficient (Wildman–Crippen LogP) is 1.26. The third-order valence-electron chi connectivity index (χ3n) is 2.94. The number of aliphatic hydroxyl groups excluding tert-OH is 1. The molecule has 0 aromatic heterocycles. The number of hydrogen-bond acceptors (Lipinski definition) is 3. The van der Waals surface area contributed by atoms with Crippen LogP contribution >= 0.6 is 0 Å². The summed E-state index contributed by atoms with van der Waals surface area (Å²) in [5, 5.41) is 8.67. The maximum absolute atomic E-state index is 11.1. The van der Waals surface area contributed by atoms with E-state index in [1.54, 1.807) is 0 Å².